The number of hydrogen-bond acceptors (Lipinski definition) is 5. The van der Waals surface area contributed by atoms with Gasteiger partial charge < -0.3 is 10.1 Å². The van der Waals surface area contributed by atoms with Crippen molar-refractivity contribution in [3.8, 4) is 0 Å². The SMILES string of the molecule is COC(=O)[C@H]1CC[C@@H](Nc2ncccn2)C1. The molecule has 0 unspecified atom stereocenters. The van der Waals surface area contributed by atoms with Crippen LogP contribution in [0.3, 0.4) is 0 Å². The lowest BCUT2D eigenvalue weighted by molar-refractivity contribution is -0.145. The van der Waals surface area contributed by atoms with Gasteiger partial charge in [0.05, 0.1) is 13.0 Å². The first kappa shape index (κ1) is 10.9. The van der Waals surface area contributed by atoms with E-state index in [2.05, 4.69) is 15.3 Å². The highest BCUT2D eigenvalue weighted by atomic mass is 16.5. The molecule has 1 heterocycles. The Hall–Kier alpha value is -1.65. The minimum atomic E-state index is -0.113. The van der Waals surface area contributed by atoms with Gasteiger partial charge in [-0.2, -0.15) is 0 Å². The lowest BCUT2D eigenvalue weighted by Crippen LogP contribution is -2.19. The first-order valence-electron chi connectivity index (χ1n) is 5.41. The van der Waals surface area contributed by atoms with Gasteiger partial charge in [-0.15, -0.1) is 0 Å². The summed E-state index contributed by atoms with van der Waals surface area (Å²) in [4.78, 5) is 19.5. The summed E-state index contributed by atoms with van der Waals surface area (Å²) < 4.78 is 4.73. The molecule has 0 aromatic carbocycles. The molecule has 0 spiro atoms. The molecule has 1 N–H and O–H groups in total. The predicted octanol–water partition coefficient (Wildman–Crippen LogP) is 1.23. The largest absolute Gasteiger partial charge is 0.469 e. The van der Waals surface area contributed by atoms with E-state index in [9.17, 15) is 4.79 Å². The van der Waals surface area contributed by atoms with Gasteiger partial charge in [0, 0.05) is 18.4 Å². The van der Waals surface area contributed by atoms with Gasteiger partial charge >= 0.3 is 5.97 Å². The molecular weight excluding hydrogens is 206 g/mol. The number of carbonyl (C=O) groups is 1. The number of carbonyl (C=O) groups excluding carboxylic acids is 1. The van der Waals surface area contributed by atoms with Crippen LogP contribution >= 0.6 is 0 Å². The molecule has 1 aromatic rings. The number of rotatable bonds is 3. The van der Waals surface area contributed by atoms with Crippen molar-refractivity contribution in [1.82, 2.24) is 9.97 Å². The van der Waals surface area contributed by atoms with Crippen molar-refractivity contribution < 1.29 is 9.53 Å². The van der Waals surface area contributed by atoms with E-state index in [1.165, 1.54) is 7.11 Å². The second-order valence-electron chi connectivity index (χ2n) is 3.95. The maximum absolute atomic E-state index is 11.3. The van der Waals surface area contributed by atoms with Crippen LogP contribution < -0.4 is 5.32 Å². The highest BCUT2D eigenvalue weighted by Gasteiger charge is 2.30. The van der Waals surface area contributed by atoms with Crippen molar-refractivity contribution in [1.29, 1.82) is 0 Å². The number of aromatic nitrogens is 2. The topological polar surface area (TPSA) is 64.1 Å². The lowest BCUT2D eigenvalue weighted by atomic mass is 10.1. The first-order valence-corrected chi connectivity index (χ1v) is 5.41. The molecule has 5 heteroatoms. The summed E-state index contributed by atoms with van der Waals surface area (Å²) in [6.45, 7) is 0. The van der Waals surface area contributed by atoms with Gasteiger partial charge in [-0.05, 0) is 25.3 Å². The van der Waals surface area contributed by atoms with Crippen molar-refractivity contribution in [3.63, 3.8) is 0 Å². The molecular formula is C11H15N3O2. The predicted molar refractivity (Wildman–Crippen MR) is 58.8 cm³/mol. The van der Waals surface area contributed by atoms with Crippen LogP contribution in [0.5, 0.6) is 0 Å². The molecule has 2 atom stereocenters. The van der Waals surface area contributed by atoms with Crippen molar-refractivity contribution >= 4 is 11.9 Å². The Balaban J connectivity index is 1.88. The number of esters is 1. The Kier molecular flexibility index (Phi) is 3.34. The summed E-state index contributed by atoms with van der Waals surface area (Å²) in [6, 6.07) is 2.04. The quantitative estimate of drug-likeness (QED) is 0.778. The summed E-state index contributed by atoms with van der Waals surface area (Å²) in [6.07, 6.45) is 6.02. The number of ether oxygens (including phenoxy) is 1. The third-order valence-corrected chi connectivity index (χ3v) is 2.87. The van der Waals surface area contributed by atoms with E-state index in [0.717, 1.165) is 19.3 Å². The molecule has 2 rings (SSSR count). The summed E-state index contributed by atoms with van der Waals surface area (Å²) in [5, 5.41) is 3.22. The molecule has 1 fully saturated rings. The van der Waals surface area contributed by atoms with Gasteiger partial charge in [0.2, 0.25) is 5.95 Å². The summed E-state index contributed by atoms with van der Waals surface area (Å²) in [5.74, 6) is 0.530. The maximum atomic E-state index is 11.3. The molecule has 0 bridgehead atoms. The van der Waals surface area contributed by atoms with Crippen LogP contribution in [0.1, 0.15) is 19.3 Å². The Morgan fingerprint density at radius 2 is 2.19 bits per heavy atom. The number of anilines is 1. The zero-order valence-corrected chi connectivity index (χ0v) is 9.22. The molecule has 1 aliphatic rings. The molecule has 0 radical (unpaired) electrons. The third kappa shape index (κ3) is 2.48. The summed E-state index contributed by atoms with van der Waals surface area (Å²) in [7, 11) is 1.43. The van der Waals surface area contributed by atoms with E-state index < -0.39 is 0 Å². The van der Waals surface area contributed by atoms with E-state index >= 15 is 0 Å². The standard InChI is InChI=1S/C11H15N3O2/c1-16-10(15)8-3-4-9(7-8)14-11-12-5-2-6-13-11/h2,5-6,8-9H,3-4,7H2,1H3,(H,12,13,14)/t8-,9+/m0/s1. The molecule has 86 valence electrons. The minimum absolute atomic E-state index is 0.0196. The zero-order valence-electron chi connectivity index (χ0n) is 9.22. The number of nitrogens with zero attached hydrogens (tertiary/aromatic N) is 2. The Morgan fingerprint density at radius 1 is 1.44 bits per heavy atom. The van der Waals surface area contributed by atoms with Crippen molar-refractivity contribution in [3.05, 3.63) is 18.5 Å². The number of methoxy groups -OCH3 is 1. The van der Waals surface area contributed by atoms with Gasteiger partial charge in [0.1, 0.15) is 0 Å². The van der Waals surface area contributed by atoms with Crippen LogP contribution in [0.4, 0.5) is 5.95 Å². The van der Waals surface area contributed by atoms with E-state index in [1.807, 2.05) is 0 Å². The number of hydrogen-bond donors (Lipinski definition) is 1. The van der Waals surface area contributed by atoms with Crippen LogP contribution in [0.15, 0.2) is 18.5 Å². The normalized spacial score (nSPS) is 24.1. The molecule has 1 aromatic heterocycles. The van der Waals surface area contributed by atoms with E-state index in [1.54, 1.807) is 18.5 Å². The third-order valence-electron chi connectivity index (χ3n) is 2.87. The summed E-state index contributed by atoms with van der Waals surface area (Å²) >= 11 is 0. The van der Waals surface area contributed by atoms with Crippen LogP contribution in [0.2, 0.25) is 0 Å². The van der Waals surface area contributed by atoms with Crippen LogP contribution in [-0.2, 0) is 9.53 Å². The van der Waals surface area contributed by atoms with Crippen molar-refractivity contribution in [2.75, 3.05) is 12.4 Å². The van der Waals surface area contributed by atoms with Gasteiger partial charge in [0.25, 0.3) is 0 Å². The van der Waals surface area contributed by atoms with Gasteiger partial charge in [0.15, 0.2) is 0 Å². The Morgan fingerprint density at radius 3 is 2.88 bits per heavy atom. The van der Waals surface area contributed by atoms with E-state index in [0.29, 0.717) is 5.95 Å². The lowest BCUT2D eigenvalue weighted by Gasteiger charge is -2.11. The fourth-order valence-corrected chi connectivity index (χ4v) is 2.05. The monoisotopic (exact) mass is 221 g/mol. The van der Waals surface area contributed by atoms with Gasteiger partial charge in [-0.1, -0.05) is 0 Å². The highest BCUT2D eigenvalue weighted by molar-refractivity contribution is 5.72. The van der Waals surface area contributed by atoms with E-state index in [4.69, 9.17) is 4.74 Å². The Labute approximate surface area is 94.2 Å². The fraction of sp³-hybridized carbons (Fsp3) is 0.545. The van der Waals surface area contributed by atoms with Crippen LogP contribution in [-0.4, -0.2) is 29.1 Å². The second-order valence-corrected chi connectivity index (χ2v) is 3.95. The van der Waals surface area contributed by atoms with Crippen LogP contribution in [0, 0.1) is 5.92 Å². The minimum Gasteiger partial charge on any atom is -0.469 e. The smallest absolute Gasteiger partial charge is 0.308 e. The van der Waals surface area contributed by atoms with E-state index in [-0.39, 0.29) is 17.9 Å². The summed E-state index contributed by atoms with van der Waals surface area (Å²) in [5.41, 5.74) is 0. The average Bonchev–Trinajstić information content (AvgIpc) is 2.78. The second kappa shape index (κ2) is 4.92. The maximum Gasteiger partial charge on any atom is 0.308 e. The van der Waals surface area contributed by atoms with Crippen molar-refractivity contribution in [2.45, 2.75) is 25.3 Å². The Bertz CT molecular complexity index is 356. The van der Waals surface area contributed by atoms with Gasteiger partial charge in [-0.25, -0.2) is 9.97 Å². The fourth-order valence-electron chi connectivity index (χ4n) is 2.05. The molecule has 0 amide bonds. The molecule has 1 aliphatic carbocycles. The van der Waals surface area contributed by atoms with Crippen molar-refractivity contribution in [2.24, 2.45) is 5.92 Å². The zero-order chi connectivity index (χ0) is 11.4. The molecule has 0 aliphatic heterocycles. The van der Waals surface area contributed by atoms with Gasteiger partial charge in [-0.3, -0.25) is 4.79 Å². The average molecular weight is 221 g/mol. The molecule has 1 saturated carbocycles. The van der Waals surface area contributed by atoms with Crippen LogP contribution in [0.25, 0.3) is 0 Å². The molecule has 0 saturated heterocycles. The molecule has 5 nitrogen and oxygen atoms in total. The highest BCUT2D eigenvalue weighted by Crippen LogP contribution is 2.28. The number of nitrogens with one attached hydrogen (secondary N) is 1. The first-order chi connectivity index (χ1) is 7.79. The molecule has 16 heavy (non-hydrogen) atoms.